The van der Waals surface area contributed by atoms with Crippen LogP contribution < -0.4 is 15.6 Å². The number of nitrogens with zero attached hydrogens (tertiary/aromatic N) is 3. The molecule has 2 aliphatic rings. The van der Waals surface area contributed by atoms with E-state index in [2.05, 4.69) is 16.4 Å². The van der Waals surface area contributed by atoms with Crippen LogP contribution in [0.4, 0.5) is 0 Å². The maximum absolute atomic E-state index is 13.3. The molecule has 4 heterocycles. The standard InChI is InChI=1S/C27H32N4O5S/c1-18-19(2)37-24-23(18)25(33)31(17-29-24)15-22(32)30-12-14-36-27(16-30)10-6-5-8-20-7-3-4-9-21(20)35-13-11-28-26(27)34/h3-4,7,9,17H,5-6,8,10-16H2,1-2H3,(H,28,34). The molecule has 1 saturated heterocycles. The molecular weight excluding hydrogens is 492 g/mol. The van der Waals surface area contributed by atoms with Gasteiger partial charge in [0.1, 0.15) is 23.7 Å². The summed E-state index contributed by atoms with van der Waals surface area (Å²) in [6.45, 7) is 5.20. The highest BCUT2D eigenvalue weighted by molar-refractivity contribution is 7.18. The first-order valence-electron chi connectivity index (χ1n) is 12.7. The van der Waals surface area contributed by atoms with E-state index in [0.29, 0.717) is 36.3 Å². The second-order valence-corrected chi connectivity index (χ2v) is 10.9. The molecule has 0 saturated carbocycles. The summed E-state index contributed by atoms with van der Waals surface area (Å²) in [6, 6.07) is 7.98. The summed E-state index contributed by atoms with van der Waals surface area (Å²) >= 11 is 1.48. The molecule has 1 spiro atoms. The first kappa shape index (κ1) is 25.4. The smallest absolute Gasteiger partial charge is 0.262 e. The van der Waals surface area contributed by atoms with E-state index in [-0.39, 0.29) is 37.1 Å². The quantitative estimate of drug-likeness (QED) is 0.553. The fourth-order valence-electron chi connectivity index (χ4n) is 5.09. The molecule has 1 unspecified atom stereocenters. The number of nitrogens with one attached hydrogen (secondary N) is 1. The molecule has 0 radical (unpaired) electrons. The summed E-state index contributed by atoms with van der Waals surface area (Å²) in [4.78, 5) is 47.5. The normalized spacial score (nSPS) is 21.0. The van der Waals surface area contributed by atoms with Crippen molar-refractivity contribution in [2.45, 2.75) is 51.7 Å². The van der Waals surface area contributed by atoms with Gasteiger partial charge in [0.05, 0.1) is 31.4 Å². The molecule has 0 bridgehead atoms. The zero-order chi connectivity index (χ0) is 26.0. The van der Waals surface area contributed by atoms with Crippen molar-refractivity contribution in [1.82, 2.24) is 19.8 Å². The maximum atomic E-state index is 13.3. The summed E-state index contributed by atoms with van der Waals surface area (Å²) in [7, 11) is 0. The number of aromatic nitrogens is 2. The number of amides is 2. The summed E-state index contributed by atoms with van der Waals surface area (Å²) in [5.74, 6) is 0.396. The number of hydrogen-bond donors (Lipinski definition) is 1. The fraction of sp³-hybridized carbons (Fsp3) is 0.481. The Morgan fingerprint density at radius 1 is 1.19 bits per heavy atom. The molecule has 9 nitrogen and oxygen atoms in total. The van der Waals surface area contributed by atoms with E-state index in [1.54, 1.807) is 4.90 Å². The summed E-state index contributed by atoms with van der Waals surface area (Å²) in [5.41, 5.74) is 0.714. The van der Waals surface area contributed by atoms with Crippen molar-refractivity contribution in [1.29, 1.82) is 0 Å². The Bertz CT molecular complexity index is 1380. The van der Waals surface area contributed by atoms with Crippen LogP contribution in [0, 0.1) is 13.8 Å². The molecule has 2 aromatic heterocycles. The van der Waals surface area contributed by atoms with Crippen molar-refractivity contribution in [3.8, 4) is 5.75 Å². The molecule has 5 rings (SSSR count). The third-order valence-corrected chi connectivity index (χ3v) is 8.42. The highest BCUT2D eigenvalue weighted by Gasteiger charge is 2.44. The van der Waals surface area contributed by atoms with Crippen molar-refractivity contribution in [2.75, 3.05) is 32.8 Å². The molecule has 196 valence electrons. The first-order valence-corrected chi connectivity index (χ1v) is 13.6. The predicted octanol–water partition coefficient (Wildman–Crippen LogP) is 2.59. The molecule has 1 aromatic carbocycles. The fourth-order valence-corrected chi connectivity index (χ4v) is 6.08. The Morgan fingerprint density at radius 3 is 2.89 bits per heavy atom. The van der Waals surface area contributed by atoms with E-state index in [0.717, 1.165) is 41.0 Å². The Morgan fingerprint density at radius 2 is 2.03 bits per heavy atom. The lowest BCUT2D eigenvalue weighted by Crippen LogP contribution is -2.61. The van der Waals surface area contributed by atoms with Crippen molar-refractivity contribution >= 4 is 33.4 Å². The number of morpholine rings is 1. The number of para-hydroxylation sites is 1. The highest BCUT2D eigenvalue weighted by Crippen LogP contribution is 2.28. The van der Waals surface area contributed by atoms with E-state index < -0.39 is 5.60 Å². The molecule has 1 N–H and O–H groups in total. The van der Waals surface area contributed by atoms with Crippen molar-refractivity contribution < 1.29 is 19.1 Å². The number of ether oxygens (including phenoxy) is 2. The molecule has 1 atom stereocenters. The number of carbonyl (C=O) groups excluding carboxylic acids is 2. The van der Waals surface area contributed by atoms with Crippen molar-refractivity contribution in [3.63, 3.8) is 0 Å². The number of aryl methyl sites for hydroxylation is 3. The van der Waals surface area contributed by atoms with E-state index in [1.807, 2.05) is 32.0 Å². The largest absolute Gasteiger partial charge is 0.491 e. The predicted molar refractivity (Wildman–Crippen MR) is 141 cm³/mol. The van der Waals surface area contributed by atoms with Gasteiger partial charge in [0.2, 0.25) is 5.91 Å². The Labute approximate surface area is 219 Å². The lowest BCUT2D eigenvalue weighted by atomic mass is 9.91. The number of fused-ring (bicyclic) bond motifs is 2. The monoisotopic (exact) mass is 524 g/mol. The molecule has 2 aliphatic heterocycles. The average Bonchev–Trinajstić information content (AvgIpc) is 3.19. The minimum Gasteiger partial charge on any atom is -0.491 e. The van der Waals surface area contributed by atoms with Crippen LogP contribution in [-0.2, 0) is 27.3 Å². The number of hydrogen-bond acceptors (Lipinski definition) is 7. The number of benzene rings is 1. The van der Waals surface area contributed by atoms with Gasteiger partial charge in [-0.25, -0.2) is 4.98 Å². The minimum atomic E-state index is -1.12. The summed E-state index contributed by atoms with van der Waals surface area (Å²) in [5, 5.41) is 3.52. The van der Waals surface area contributed by atoms with E-state index >= 15 is 0 Å². The van der Waals surface area contributed by atoms with Crippen LogP contribution in [-0.4, -0.2) is 64.7 Å². The van der Waals surface area contributed by atoms with Gasteiger partial charge in [0.15, 0.2) is 5.60 Å². The molecule has 37 heavy (non-hydrogen) atoms. The lowest BCUT2D eigenvalue weighted by molar-refractivity contribution is -0.168. The molecular formula is C27H32N4O5S. The Kier molecular flexibility index (Phi) is 7.30. The number of thiophene rings is 1. The third kappa shape index (κ3) is 5.13. The molecule has 2 amide bonds. The second kappa shape index (κ2) is 10.6. The highest BCUT2D eigenvalue weighted by atomic mass is 32.1. The summed E-state index contributed by atoms with van der Waals surface area (Å²) < 4.78 is 13.4. The van der Waals surface area contributed by atoms with E-state index in [9.17, 15) is 14.4 Å². The van der Waals surface area contributed by atoms with Gasteiger partial charge >= 0.3 is 0 Å². The van der Waals surface area contributed by atoms with Gasteiger partial charge in [0, 0.05) is 11.4 Å². The van der Waals surface area contributed by atoms with Crippen LogP contribution in [0.15, 0.2) is 35.4 Å². The first-order chi connectivity index (χ1) is 17.9. The second-order valence-electron chi connectivity index (χ2n) is 9.72. The van der Waals surface area contributed by atoms with Gasteiger partial charge in [-0.15, -0.1) is 11.3 Å². The maximum Gasteiger partial charge on any atom is 0.262 e. The van der Waals surface area contributed by atoms with Gasteiger partial charge in [-0.3, -0.25) is 19.0 Å². The van der Waals surface area contributed by atoms with Gasteiger partial charge < -0.3 is 19.7 Å². The summed E-state index contributed by atoms with van der Waals surface area (Å²) in [6.07, 6.45) is 4.42. The van der Waals surface area contributed by atoms with Gasteiger partial charge in [-0.05, 0) is 56.7 Å². The van der Waals surface area contributed by atoms with Crippen molar-refractivity contribution in [3.05, 3.63) is 57.0 Å². The van der Waals surface area contributed by atoms with Crippen LogP contribution in [0.3, 0.4) is 0 Å². The van der Waals surface area contributed by atoms with Crippen LogP contribution in [0.1, 0.15) is 35.3 Å². The Hall–Kier alpha value is -3.24. The zero-order valence-electron chi connectivity index (χ0n) is 21.2. The average molecular weight is 525 g/mol. The van der Waals surface area contributed by atoms with Crippen LogP contribution >= 0.6 is 11.3 Å². The zero-order valence-corrected chi connectivity index (χ0v) is 22.1. The van der Waals surface area contributed by atoms with Gasteiger partial charge in [-0.2, -0.15) is 0 Å². The van der Waals surface area contributed by atoms with Crippen molar-refractivity contribution in [2.24, 2.45) is 0 Å². The molecule has 0 aliphatic carbocycles. The van der Waals surface area contributed by atoms with E-state index in [4.69, 9.17) is 9.47 Å². The van der Waals surface area contributed by atoms with Crippen LogP contribution in [0.5, 0.6) is 5.75 Å². The Balaban J connectivity index is 1.31. The van der Waals surface area contributed by atoms with Gasteiger partial charge in [-0.1, -0.05) is 18.2 Å². The van der Waals surface area contributed by atoms with Crippen LogP contribution in [0.2, 0.25) is 0 Å². The molecule has 1 fully saturated rings. The number of rotatable bonds is 2. The van der Waals surface area contributed by atoms with Gasteiger partial charge in [0.25, 0.3) is 11.5 Å². The molecule has 3 aromatic rings. The lowest BCUT2D eigenvalue weighted by Gasteiger charge is -2.42. The van der Waals surface area contributed by atoms with E-state index in [1.165, 1.54) is 22.2 Å². The third-order valence-electron chi connectivity index (χ3n) is 7.31. The SMILES string of the molecule is Cc1sc2ncn(CC(=O)N3CCOC4(CCCCc5ccccc5OCCNC4=O)C3)c(=O)c2c1C. The number of carbonyl (C=O) groups is 2. The van der Waals surface area contributed by atoms with Crippen LogP contribution in [0.25, 0.3) is 10.2 Å². The molecule has 10 heteroatoms. The topological polar surface area (TPSA) is 103 Å². The minimum absolute atomic E-state index is 0.127.